The lowest BCUT2D eigenvalue weighted by Crippen LogP contribution is -2.60. The van der Waals surface area contributed by atoms with Gasteiger partial charge in [-0.1, -0.05) is 34.6 Å². The topological polar surface area (TPSA) is 102 Å². The van der Waals surface area contributed by atoms with Crippen LogP contribution in [-0.4, -0.2) is 52.2 Å². The highest BCUT2D eigenvalue weighted by atomic mass is 16.6. The Kier molecular flexibility index (Phi) is 5.77. The van der Waals surface area contributed by atoms with Crippen molar-refractivity contribution in [1.82, 2.24) is 0 Å². The monoisotopic (exact) mass is 531 g/mol. The van der Waals surface area contributed by atoms with Crippen LogP contribution in [0, 0.1) is 50.7 Å². The van der Waals surface area contributed by atoms with Crippen LogP contribution in [0.4, 0.5) is 0 Å². The van der Waals surface area contributed by atoms with Crippen molar-refractivity contribution in [3.05, 3.63) is 0 Å². The molecule has 0 aromatic carbocycles. The van der Waals surface area contributed by atoms with Gasteiger partial charge in [-0.15, -0.1) is 0 Å². The van der Waals surface area contributed by atoms with E-state index in [9.17, 15) is 15.0 Å². The molecule has 6 nitrogen and oxygen atoms in total. The first-order valence-corrected chi connectivity index (χ1v) is 15.5. The Morgan fingerprint density at radius 3 is 2.32 bits per heavy atom. The molecule has 0 amide bonds. The molecule has 13 atom stereocenters. The second-order valence-corrected chi connectivity index (χ2v) is 16.3. The third-order valence-corrected chi connectivity index (χ3v) is 14.3. The molecule has 0 aromatic rings. The molecule has 5 aliphatic carbocycles. The van der Waals surface area contributed by atoms with Crippen molar-refractivity contribution in [2.24, 2.45) is 56.5 Å². The van der Waals surface area contributed by atoms with Crippen LogP contribution in [0.15, 0.2) is 0 Å². The number of fused-ring (bicyclic) bond motifs is 4. The molecule has 1 heterocycles. The van der Waals surface area contributed by atoms with Gasteiger partial charge < -0.3 is 25.4 Å². The van der Waals surface area contributed by atoms with Gasteiger partial charge in [-0.25, -0.2) is 0 Å². The molecule has 0 radical (unpaired) electrons. The van der Waals surface area contributed by atoms with Crippen LogP contribution in [0.1, 0.15) is 107 Å². The molecule has 5 saturated carbocycles. The van der Waals surface area contributed by atoms with Crippen LogP contribution >= 0.6 is 0 Å². The molecule has 0 bridgehead atoms. The number of rotatable bonds is 3. The first-order chi connectivity index (χ1) is 17.5. The Morgan fingerprint density at radius 2 is 1.68 bits per heavy atom. The molecule has 6 rings (SSSR count). The van der Waals surface area contributed by atoms with Crippen LogP contribution in [0.25, 0.3) is 0 Å². The van der Waals surface area contributed by atoms with E-state index in [2.05, 4.69) is 34.6 Å². The summed E-state index contributed by atoms with van der Waals surface area (Å²) in [4.78, 5) is 12.0. The smallest absolute Gasteiger partial charge is 0.303 e. The number of ether oxygens (including phenoxy) is 2. The predicted octanol–water partition coefficient (Wildman–Crippen LogP) is 4.83. The van der Waals surface area contributed by atoms with Gasteiger partial charge >= 0.3 is 5.97 Å². The molecular weight excluding hydrogens is 478 g/mol. The molecule has 0 aromatic heterocycles. The number of carbonyl (C=O) groups is 1. The minimum atomic E-state index is -1.23. The summed E-state index contributed by atoms with van der Waals surface area (Å²) in [7, 11) is 0. The van der Waals surface area contributed by atoms with Crippen LogP contribution < -0.4 is 5.73 Å². The van der Waals surface area contributed by atoms with Gasteiger partial charge in [0.05, 0.1) is 23.9 Å². The van der Waals surface area contributed by atoms with Crippen LogP contribution in [0.5, 0.6) is 0 Å². The van der Waals surface area contributed by atoms with E-state index in [-0.39, 0.29) is 34.3 Å². The van der Waals surface area contributed by atoms with E-state index in [1.54, 1.807) is 13.8 Å². The maximum Gasteiger partial charge on any atom is 0.303 e. The number of hydrogen-bond donors (Lipinski definition) is 3. The lowest BCUT2D eigenvalue weighted by Gasteiger charge is -2.63. The summed E-state index contributed by atoms with van der Waals surface area (Å²) >= 11 is 0. The highest BCUT2D eigenvalue weighted by Crippen LogP contribution is 2.89. The van der Waals surface area contributed by atoms with E-state index in [4.69, 9.17) is 15.2 Å². The molecule has 4 N–H and O–H groups in total. The van der Waals surface area contributed by atoms with Gasteiger partial charge in [-0.2, -0.15) is 0 Å². The Morgan fingerprint density at radius 1 is 1.05 bits per heavy atom. The molecule has 6 heteroatoms. The first-order valence-electron chi connectivity index (χ1n) is 15.5. The van der Waals surface area contributed by atoms with Gasteiger partial charge in [-0.05, 0) is 111 Å². The standard InChI is InChI=1S/C32H53NO5/c1-17-15-19(26(28(5,6)36)37-18(2)34)38-24-23(17)29(7)13-14-32-16-31(32)12-11-22(33)27(3,4)20(31)9-10-21(32)30(29,8)25(24)35/h17,19-26,35-36H,9-16,33H2,1-8H3. The summed E-state index contributed by atoms with van der Waals surface area (Å²) in [6.07, 6.45) is 7.10. The lowest BCUT2D eigenvalue weighted by molar-refractivity contribution is -0.216. The summed E-state index contributed by atoms with van der Waals surface area (Å²) in [5.41, 5.74) is 6.12. The largest absolute Gasteiger partial charge is 0.457 e. The molecule has 6 fully saturated rings. The van der Waals surface area contributed by atoms with E-state index in [0.29, 0.717) is 28.6 Å². The number of aliphatic hydroxyl groups excluding tert-OH is 1. The van der Waals surface area contributed by atoms with Crippen LogP contribution in [0.3, 0.4) is 0 Å². The molecule has 13 unspecified atom stereocenters. The third-order valence-electron chi connectivity index (χ3n) is 14.3. The van der Waals surface area contributed by atoms with Crippen molar-refractivity contribution in [3.63, 3.8) is 0 Å². The van der Waals surface area contributed by atoms with E-state index < -0.39 is 29.9 Å². The van der Waals surface area contributed by atoms with Gasteiger partial charge in [0.25, 0.3) is 0 Å². The third kappa shape index (κ3) is 3.13. The number of hydrogen-bond acceptors (Lipinski definition) is 6. The highest BCUT2D eigenvalue weighted by Gasteiger charge is 2.84. The van der Waals surface area contributed by atoms with E-state index in [0.717, 1.165) is 19.3 Å². The normalized spacial score (nSPS) is 55.4. The van der Waals surface area contributed by atoms with Crippen molar-refractivity contribution in [1.29, 1.82) is 0 Å². The van der Waals surface area contributed by atoms with Gasteiger partial charge in [-0.3, -0.25) is 4.79 Å². The molecule has 216 valence electrons. The molecule has 38 heavy (non-hydrogen) atoms. The number of carbonyl (C=O) groups excluding carboxylic acids is 1. The van der Waals surface area contributed by atoms with E-state index in [1.165, 1.54) is 39.0 Å². The van der Waals surface area contributed by atoms with Crippen LogP contribution in [-0.2, 0) is 14.3 Å². The van der Waals surface area contributed by atoms with Gasteiger partial charge in [0.1, 0.15) is 0 Å². The fourth-order valence-corrected chi connectivity index (χ4v) is 12.4. The first kappa shape index (κ1) is 27.5. The summed E-state index contributed by atoms with van der Waals surface area (Å²) < 4.78 is 12.4. The second-order valence-electron chi connectivity index (χ2n) is 16.3. The number of aliphatic hydroxyl groups is 2. The lowest BCUT2D eigenvalue weighted by atomic mass is 9.41. The molecule has 6 aliphatic rings. The minimum Gasteiger partial charge on any atom is -0.457 e. The van der Waals surface area contributed by atoms with E-state index >= 15 is 0 Å². The Hall–Kier alpha value is -0.690. The maximum absolute atomic E-state index is 12.3. The summed E-state index contributed by atoms with van der Waals surface area (Å²) in [6, 6.07) is 0.281. The molecule has 1 saturated heterocycles. The van der Waals surface area contributed by atoms with Crippen molar-refractivity contribution in [3.8, 4) is 0 Å². The zero-order chi connectivity index (χ0) is 27.8. The zero-order valence-electron chi connectivity index (χ0n) is 25.0. The average Bonchev–Trinajstić information content (AvgIpc) is 3.44. The minimum absolute atomic E-state index is 0.0136. The summed E-state index contributed by atoms with van der Waals surface area (Å²) in [5, 5.41) is 23.3. The van der Waals surface area contributed by atoms with Crippen molar-refractivity contribution in [2.45, 2.75) is 143 Å². The quantitative estimate of drug-likeness (QED) is 0.451. The number of esters is 1. The molecular formula is C32H53NO5. The summed E-state index contributed by atoms with van der Waals surface area (Å²) in [5.74, 6) is 1.30. The Bertz CT molecular complexity index is 1010. The van der Waals surface area contributed by atoms with Crippen LogP contribution in [0.2, 0.25) is 0 Å². The SMILES string of the molecule is CC(=O)OC(C1CC(C)C2C(O1)C(O)C1(C)C3CCC4C(C)(C)C(N)CCC45CC35CCC21C)C(C)(C)O. The van der Waals surface area contributed by atoms with Gasteiger partial charge in [0, 0.05) is 18.4 Å². The number of nitrogens with two attached hydrogens (primary N) is 1. The van der Waals surface area contributed by atoms with Gasteiger partial charge in [0.2, 0.25) is 0 Å². The Balaban J connectivity index is 1.35. The highest BCUT2D eigenvalue weighted by molar-refractivity contribution is 5.66. The summed E-state index contributed by atoms with van der Waals surface area (Å²) in [6.45, 7) is 16.7. The van der Waals surface area contributed by atoms with Crippen molar-refractivity contribution >= 4 is 5.97 Å². The fraction of sp³-hybridized carbons (Fsp3) is 0.969. The molecule has 1 aliphatic heterocycles. The van der Waals surface area contributed by atoms with Gasteiger partial charge in [0.15, 0.2) is 6.10 Å². The fourth-order valence-electron chi connectivity index (χ4n) is 12.4. The van der Waals surface area contributed by atoms with Crippen molar-refractivity contribution in [2.75, 3.05) is 0 Å². The average molecular weight is 532 g/mol. The molecule has 2 spiro atoms. The predicted molar refractivity (Wildman–Crippen MR) is 146 cm³/mol. The van der Waals surface area contributed by atoms with Crippen molar-refractivity contribution < 1.29 is 24.5 Å². The second kappa shape index (κ2) is 7.98. The van der Waals surface area contributed by atoms with E-state index in [1.807, 2.05) is 0 Å². The maximum atomic E-state index is 12.3. The zero-order valence-corrected chi connectivity index (χ0v) is 25.0. The Labute approximate surface area is 229 Å².